The smallest absolute Gasteiger partial charge is 0.131 e. The Kier molecular flexibility index (Phi) is 6.05. The van der Waals surface area contributed by atoms with Crippen molar-refractivity contribution in [1.82, 2.24) is 0 Å². The lowest BCUT2D eigenvalue weighted by atomic mass is 10.1. The minimum Gasteiger partial charge on any atom is -0.493 e. The van der Waals surface area contributed by atoms with E-state index in [4.69, 9.17) is 15.9 Å². The summed E-state index contributed by atoms with van der Waals surface area (Å²) in [6.07, 6.45) is 4.15. The second kappa shape index (κ2) is 7.31. The first kappa shape index (κ1) is 14.9. The van der Waals surface area contributed by atoms with E-state index in [1.807, 2.05) is 24.5 Å². The number of thioether (sulfide) groups is 1. The molecular formula is C14H22N2OS. The van der Waals surface area contributed by atoms with Gasteiger partial charge in [-0.3, -0.25) is 5.41 Å². The second-order valence-electron chi connectivity index (χ2n) is 4.63. The summed E-state index contributed by atoms with van der Waals surface area (Å²) in [6, 6.07) is 5.78. The minimum atomic E-state index is 0.0683. The van der Waals surface area contributed by atoms with Gasteiger partial charge in [0.2, 0.25) is 0 Å². The SMILES string of the molecule is CSc1cccc(OCCCC(C)C)c1C(=N)N. The normalized spacial score (nSPS) is 10.7. The van der Waals surface area contributed by atoms with E-state index < -0.39 is 0 Å². The molecule has 1 aromatic carbocycles. The highest BCUT2D eigenvalue weighted by molar-refractivity contribution is 7.98. The zero-order valence-electron chi connectivity index (χ0n) is 11.3. The molecule has 0 spiro atoms. The minimum absolute atomic E-state index is 0.0683. The van der Waals surface area contributed by atoms with E-state index in [1.54, 1.807) is 11.8 Å². The molecule has 3 N–H and O–H groups in total. The summed E-state index contributed by atoms with van der Waals surface area (Å²) in [7, 11) is 0. The number of nitrogen functional groups attached to an aromatic ring is 1. The van der Waals surface area contributed by atoms with Gasteiger partial charge in [0.15, 0.2) is 0 Å². The first-order chi connectivity index (χ1) is 8.56. The summed E-state index contributed by atoms with van der Waals surface area (Å²) < 4.78 is 5.76. The van der Waals surface area contributed by atoms with E-state index in [1.165, 1.54) is 0 Å². The van der Waals surface area contributed by atoms with Crippen LogP contribution in [0.5, 0.6) is 5.75 Å². The predicted octanol–water partition coefficient (Wildman–Crippen LogP) is 3.51. The predicted molar refractivity (Wildman–Crippen MR) is 78.8 cm³/mol. The first-order valence-corrected chi connectivity index (χ1v) is 7.43. The van der Waals surface area contributed by atoms with Crippen molar-refractivity contribution in [3.63, 3.8) is 0 Å². The standard InChI is InChI=1S/C14H22N2OS/c1-10(2)6-5-9-17-11-7-4-8-12(18-3)13(11)14(15)16/h4,7-8,10H,5-6,9H2,1-3H3,(H3,15,16). The Balaban J connectivity index is 2.72. The van der Waals surface area contributed by atoms with Gasteiger partial charge in [0, 0.05) is 4.90 Å². The number of benzene rings is 1. The molecule has 0 amide bonds. The van der Waals surface area contributed by atoms with Crippen LogP contribution in [0.15, 0.2) is 23.1 Å². The van der Waals surface area contributed by atoms with Crippen LogP contribution < -0.4 is 10.5 Å². The van der Waals surface area contributed by atoms with Crippen molar-refractivity contribution in [3.8, 4) is 5.75 Å². The van der Waals surface area contributed by atoms with Gasteiger partial charge in [-0.15, -0.1) is 11.8 Å². The molecule has 0 aliphatic carbocycles. The maximum Gasteiger partial charge on any atom is 0.131 e. The van der Waals surface area contributed by atoms with E-state index in [9.17, 15) is 0 Å². The molecule has 0 saturated carbocycles. The van der Waals surface area contributed by atoms with Crippen LogP contribution in [0, 0.1) is 11.3 Å². The molecule has 0 bridgehead atoms. The highest BCUT2D eigenvalue weighted by Crippen LogP contribution is 2.28. The van der Waals surface area contributed by atoms with Gasteiger partial charge in [0.25, 0.3) is 0 Å². The molecule has 4 heteroatoms. The maximum absolute atomic E-state index is 7.65. The number of hydrogen-bond donors (Lipinski definition) is 2. The van der Waals surface area contributed by atoms with Crippen LogP contribution in [0.4, 0.5) is 0 Å². The number of amidine groups is 1. The zero-order valence-corrected chi connectivity index (χ0v) is 12.1. The number of nitrogens with two attached hydrogens (primary N) is 1. The molecule has 1 rings (SSSR count). The van der Waals surface area contributed by atoms with E-state index in [2.05, 4.69) is 13.8 Å². The lowest BCUT2D eigenvalue weighted by molar-refractivity contribution is 0.296. The largest absolute Gasteiger partial charge is 0.493 e. The lowest BCUT2D eigenvalue weighted by Gasteiger charge is -2.13. The van der Waals surface area contributed by atoms with Crippen molar-refractivity contribution in [2.75, 3.05) is 12.9 Å². The maximum atomic E-state index is 7.65. The number of nitrogens with one attached hydrogen (secondary N) is 1. The van der Waals surface area contributed by atoms with Crippen LogP contribution in [-0.4, -0.2) is 18.7 Å². The number of ether oxygens (including phenoxy) is 1. The zero-order chi connectivity index (χ0) is 13.5. The molecule has 100 valence electrons. The molecule has 18 heavy (non-hydrogen) atoms. The average molecular weight is 266 g/mol. The quantitative estimate of drug-likeness (QED) is 0.344. The van der Waals surface area contributed by atoms with Crippen LogP contribution >= 0.6 is 11.8 Å². The monoisotopic (exact) mass is 266 g/mol. The topological polar surface area (TPSA) is 59.1 Å². The molecule has 0 atom stereocenters. The average Bonchev–Trinajstić information content (AvgIpc) is 2.33. The summed E-state index contributed by atoms with van der Waals surface area (Å²) in [5.74, 6) is 1.48. The van der Waals surface area contributed by atoms with Crippen LogP contribution in [0.3, 0.4) is 0 Å². The highest BCUT2D eigenvalue weighted by atomic mass is 32.2. The van der Waals surface area contributed by atoms with Gasteiger partial charge in [0.1, 0.15) is 11.6 Å². The Morgan fingerprint density at radius 2 is 2.17 bits per heavy atom. The Morgan fingerprint density at radius 1 is 1.44 bits per heavy atom. The summed E-state index contributed by atoms with van der Waals surface area (Å²) in [6.45, 7) is 5.08. The molecule has 0 aliphatic heterocycles. The molecule has 0 aliphatic rings. The Hall–Kier alpha value is -1.16. The molecule has 0 heterocycles. The van der Waals surface area contributed by atoms with Gasteiger partial charge < -0.3 is 10.5 Å². The number of hydrogen-bond acceptors (Lipinski definition) is 3. The van der Waals surface area contributed by atoms with Crippen LogP contribution in [-0.2, 0) is 0 Å². The van der Waals surface area contributed by atoms with Gasteiger partial charge in [0.05, 0.1) is 12.2 Å². The van der Waals surface area contributed by atoms with Gasteiger partial charge in [-0.1, -0.05) is 19.9 Å². The van der Waals surface area contributed by atoms with Crippen LogP contribution in [0.2, 0.25) is 0 Å². The lowest BCUT2D eigenvalue weighted by Crippen LogP contribution is -2.15. The molecule has 0 aromatic heterocycles. The van der Waals surface area contributed by atoms with Crippen molar-refractivity contribution in [3.05, 3.63) is 23.8 Å². The molecular weight excluding hydrogens is 244 g/mol. The molecule has 3 nitrogen and oxygen atoms in total. The van der Waals surface area contributed by atoms with Crippen molar-refractivity contribution in [2.24, 2.45) is 11.7 Å². The van der Waals surface area contributed by atoms with E-state index in [0.717, 1.165) is 29.1 Å². The van der Waals surface area contributed by atoms with Crippen molar-refractivity contribution in [1.29, 1.82) is 5.41 Å². The Morgan fingerprint density at radius 3 is 2.72 bits per heavy atom. The molecule has 1 aromatic rings. The van der Waals surface area contributed by atoms with Gasteiger partial charge in [-0.05, 0) is 37.1 Å². The Bertz CT molecular complexity index is 405. The third-order valence-corrected chi connectivity index (χ3v) is 3.44. The fourth-order valence-corrected chi connectivity index (χ4v) is 2.37. The van der Waals surface area contributed by atoms with E-state index in [-0.39, 0.29) is 5.84 Å². The van der Waals surface area contributed by atoms with E-state index in [0.29, 0.717) is 12.5 Å². The molecule has 0 saturated heterocycles. The molecule has 0 radical (unpaired) electrons. The van der Waals surface area contributed by atoms with E-state index >= 15 is 0 Å². The Labute approximate surface area is 114 Å². The summed E-state index contributed by atoms with van der Waals surface area (Å²) in [5.41, 5.74) is 6.35. The van der Waals surface area contributed by atoms with Crippen LogP contribution in [0.25, 0.3) is 0 Å². The first-order valence-electron chi connectivity index (χ1n) is 6.20. The highest BCUT2D eigenvalue weighted by Gasteiger charge is 2.11. The summed E-state index contributed by atoms with van der Waals surface area (Å²) in [4.78, 5) is 0.990. The van der Waals surface area contributed by atoms with Gasteiger partial charge >= 0.3 is 0 Å². The number of rotatable bonds is 7. The van der Waals surface area contributed by atoms with Gasteiger partial charge in [-0.2, -0.15) is 0 Å². The summed E-state index contributed by atoms with van der Waals surface area (Å²) in [5, 5.41) is 7.65. The van der Waals surface area contributed by atoms with Crippen molar-refractivity contribution in [2.45, 2.75) is 31.6 Å². The van der Waals surface area contributed by atoms with Crippen LogP contribution in [0.1, 0.15) is 32.3 Å². The van der Waals surface area contributed by atoms with Crippen molar-refractivity contribution < 1.29 is 4.74 Å². The molecule has 0 fully saturated rings. The van der Waals surface area contributed by atoms with Gasteiger partial charge in [-0.25, -0.2) is 0 Å². The second-order valence-corrected chi connectivity index (χ2v) is 5.48. The third kappa shape index (κ3) is 4.26. The summed E-state index contributed by atoms with van der Waals surface area (Å²) >= 11 is 1.58. The fourth-order valence-electron chi connectivity index (χ4n) is 1.74. The molecule has 0 unspecified atom stereocenters. The van der Waals surface area contributed by atoms with Crippen molar-refractivity contribution >= 4 is 17.6 Å². The fraction of sp³-hybridized carbons (Fsp3) is 0.500. The third-order valence-electron chi connectivity index (χ3n) is 2.66.